The van der Waals surface area contributed by atoms with Gasteiger partial charge in [-0.2, -0.15) is 5.26 Å². The Morgan fingerprint density at radius 3 is 2.67 bits per heavy atom. The van der Waals surface area contributed by atoms with Crippen LogP contribution >= 0.6 is 0 Å². The molecule has 1 N–H and O–H groups in total. The molecule has 0 saturated carbocycles. The second-order valence-corrected chi connectivity index (χ2v) is 5.01. The van der Waals surface area contributed by atoms with E-state index in [1.165, 1.54) is 0 Å². The van der Waals surface area contributed by atoms with Crippen molar-refractivity contribution in [1.82, 2.24) is 4.57 Å². The monoisotopic (exact) mass is 275 g/mol. The molecule has 0 fully saturated rings. The van der Waals surface area contributed by atoms with E-state index in [1.54, 1.807) is 0 Å². The fraction of sp³-hybridized carbons (Fsp3) is 0.167. The first-order valence-corrected chi connectivity index (χ1v) is 7.15. The highest BCUT2D eigenvalue weighted by atomic mass is 15.0. The Morgan fingerprint density at radius 2 is 1.86 bits per heavy atom. The summed E-state index contributed by atoms with van der Waals surface area (Å²) in [5, 5.41) is 13.6. The molecule has 0 unspecified atom stereocenters. The van der Waals surface area contributed by atoms with Crippen LogP contribution in [0, 0.1) is 11.3 Å². The Bertz CT molecular complexity index is 766. The second kappa shape index (κ2) is 6.15. The highest BCUT2D eigenvalue weighted by molar-refractivity contribution is 5.85. The number of nitrogens with one attached hydrogen (secondary N) is 1. The fourth-order valence-electron chi connectivity index (χ4n) is 2.55. The van der Waals surface area contributed by atoms with Crippen LogP contribution in [0.3, 0.4) is 0 Å². The normalized spacial score (nSPS) is 10.4. The van der Waals surface area contributed by atoms with E-state index >= 15 is 0 Å². The minimum atomic E-state index is 0.744. The van der Waals surface area contributed by atoms with Crippen LogP contribution in [0.2, 0.25) is 0 Å². The van der Waals surface area contributed by atoms with Crippen LogP contribution in [-0.2, 0) is 6.54 Å². The summed E-state index contributed by atoms with van der Waals surface area (Å²) in [6, 6.07) is 20.4. The van der Waals surface area contributed by atoms with Crippen molar-refractivity contribution in [2.75, 3.05) is 11.9 Å². The molecule has 3 heteroatoms. The molecule has 0 aliphatic heterocycles. The zero-order valence-electron chi connectivity index (χ0n) is 11.8. The maximum Gasteiger partial charge on any atom is 0.0998 e. The van der Waals surface area contributed by atoms with E-state index in [1.807, 2.05) is 36.4 Å². The number of nitrogens with zero attached hydrogens (tertiary/aromatic N) is 2. The molecule has 2 aromatic carbocycles. The van der Waals surface area contributed by atoms with Crippen LogP contribution in [0.5, 0.6) is 0 Å². The van der Waals surface area contributed by atoms with E-state index in [0.29, 0.717) is 0 Å². The van der Waals surface area contributed by atoms with E-state index < -0.39 is 0 Å². The number of benzene rings is 2. The predicted molar refractivity (Wildman–Crippen MR) is 86.2 cm³/mol. The number of aromatic nitrogens is 1. The molecule has 0 amide bonds. The molecule has 0 atom stereocenters. The number of rotatable bonds is 5. The summed E-state index contributed by atoms with van der Waals surface area (Å²) >= 11 is 0. The highest BCUT2D eigenvalue weighted by Gasteiger charge is 2.04. The number of nitriles is 1. The Hall–Kier alpha value is -2.73. The SMILES string of the molecule is N#Cc1cccc2c1ccn2CCCNc1ccccc1. The number of anilines is 1. The third-order valence-electron chi connectivity index (χ3n) is 3.61. The van der Waals surface area contributed by atoms with Gasteiger partial charge in [-0.3, -0.25) is 0 Å². The topological polar surface area (TPSA) is 40.8 Å². The molecule has 3 aromatic rings. The number of para-hydroxylation sites is 1. The molecule has 1 heterocycles. The van der Waals surface area contributed by atoms with Crippen LogP contribution in [0.15, 0.2) is 60.8 Å². The van der Waals surface area contributed by atoms with Gasteiger partial charge in [0, 0.05) is 35.9 Å². The van der Waals surface area contributed by atoms with Crippen molar-refractivity contribution in [3.8, 4) is 6.07 Å². The molecule has 3 rings (SSSR count). The highest BCUT2D eigenvalue weighted by Crippen LogP contribution is 2.20. The van der Waals surface area contributed by atoms with Crippen LogP contribution in [0.25, 0.3) is 10.9 Å². The van der Waals surface area contributed by atoms with E-state index in [-0.39, 0.29) is 0 Å². The van der Waals surface area contributed by atoms with Crippen LogP contribution in [0.4, 0.5) is 5.69 Å². The molecule has 104 valence electrons. The van der Waals surface area contributed by atoms with Crippen LogP contribution in [-0.4, -0.2) is 11.1 Å². The van der Waals surface area contributed by atoms with Crippen molar-refractivity contribution in [3.05, 3.63) is 66.4 Å². The van der Waals surface area contributed by atoms with E-state index in [2.05, 4.69) is 40.3 Å². The maximum atomic E-state index is 9.12. The van der Waals surface area contributed by atoms with Gasteiger partial charge in [0.15, 0.2) is 0 Å². The van der Waals surface area contributed by atoms with Gasteiger partial charge in [0.05, 0.1) is 11.6 Å². The lowest BCUT2D eigenvalue weighted by molar-refractivity contribution is 0.683. The smallest absolute Gasteiger partial charge is 0.0998 e. The zero-order valence-corrected chi connectivity index (χ0v) is 11.8. The molecule has 0 spiro atoms. The Morgan fingerprint density at radius 1 is 1.00 bits per heavy atom. The molecular weight excluding hydrogens is 258 g/mol. The molecule has 0 radical (unpaired) electrons. The van der Waals surface area contributed by atoms with Crippen LogP contribution in [0.1, 0.15) is 12.0 Å². The minimum Gasteiger partial charge on any atom is -0.385 e. The van der Waals surface area contributed by atoms with Gasteiger partial charge in [-0.05, 0) is 36.8 Å². The second-order valence-electron chi connectivity index (χ2n) is 5.01. The molecule has 0 bridgehead atoms. The first-order valence-electron chi connectivity index (χ1n) is 7.15. The molecule has 21 heavy (non-hydrogen) atoms. The molecule has 0 aliphatic carbocycles. The first-order chi connectivity index (χ1) is 10.4. The van der Waals surface area contributed by atoms with Gasteiger partial charge in [-0.25, -0.2) is 0 Å². The van der Waals surface area contributed by atoms with Crippen molar-refractivity contribution >= 4 is 16.6 Å². The average Bonchev–Trinajstić information content (AvgIpc) is 2.96. The fourth-order valence-corrected chi connectivity index (χ4v) is 2.55. The lowest BCUT2D eigenvalue weighted by atomic mass is 10.1. The lowest BCUT2D eigenvalue weighted by Crippen LogP contribution is -2.05. The average molecular weight is 275 g/mol. The zero-order chi connectivity index (χ0) is 14.5. The van der Waals surface area contributed by atoms with E-state index in [4.69, 9.17) is 5.26 Å². The van der Waals surface area contributed by atoms with Gasteiger partial charge in [0.2, 0.25) is 0 Å². The summed E-state index contributed by atoms with van der Waals surface area (Å²) in [5.74, 6) is 0. The van der Waals surface area contributed by atoms with Crippen molar-refractivity contribution in [1.29, 1.82) is 5.26 Å². The molecule has 1 aromatic heterocycles. The van der Waals surface area contributed by atoms with Crippen molar-refractivity contribution in [2.45, 2.75) is 13.0 Å². The van der Waals surface area contributed by atoms with Gasteiger partial charge in [0.25, 0.3) is 0 Å². The van der Waals surface area contributed by atoms with Crippen molar-refractivity contribution in [3.63, 3.8) is 0 Å². The molecule has 0 saturated heterocycles. The summed E-state index contributed by atoms with van der Waals surface area (Å²) < 4.78 is 2.21. The van der Waals surface area contributed by atoms with Gasteiger partial charge in [0.1, 0.15) is 0 Å². The molecular formula is C18H17N3. The maximum absolute atomic E-state index is 9.12. The Kier molecular flexibility index (Phi) is 3.88. The number of hydrogen-bond acceptors (Lipinski definition) is 2. The van der Waals surface area contributed by atoms with Gasteiger partial charge < -0.3 is 9.88 Å². The minimum absolute atomic E-state index is 0.744. The Balaban J connectivity index is 1.63. The third-order valence-corrected chi connectivity index (χ3v) is 3.61. The van der Waals surface area contributed by atoms with Crippen molar-refractivity contribution < 1.29 is 0 Å². The summed E-state index contributed by atoms with van der Waals surface area (Å²) in [6.07, 6.45) is 3.10. The quantitative estimate of drug-likeness (QED) is 0.715. The van der Waals surface area contributed by atoms with Gasteiger partial charge in [-0.1, -0.05) is 24.3 Å². The summed E-state index contributed by atoms with van der Waals surface area (Å²) in [4.78, 5) is 0. The standard InChI is InChI=1S/C18H17N3/c19-14-15-6-4-9-18-17(15)10-13-21(18)12-5-11-20-16-7-2-1-3-8-16/h1-4,6-10,13,20H,5,11-12H2. The lowest BCUT2D eigenvalue weighted by Gasteiger charge is -2.08. The number of hydrogen-bond donors (Lipinski definition) is 1. The first kappa shape index (κ1) is 13.3. The number of fused-ring (bicyclic) bond motifs is 1. The largest absolute Gasteiger partial charge is 0.385 e. The van der Waals surface area contributed by atoms with E-state index in [0.717, 1.165) is 41.7 Å². The van der Waals surface area contributed by atoms with Crippen LogP contribution < -0.4 is 5.32 Å². The molecule has 3 nitrogen and oxygen atoms in total. The Labute approximate surface area is 124 Å². The molecule has 0 aliphatic rings. The van der Waals surface area contributed by atoms with E-state index in [9.17, 15) is 0 Å². The summed E-state index contributed by atoms with van der Waals surface area (Å²) in [5.41, 5.74) is 3.03. The third kappa shape index (κ3) is 2.90. The van der Waals surface area contributed by atoms with Gasteiger partial charge >= 0.3 is 0 Å². The number of aryl methyl sites for hydroxylation is 1. The van der Waals surface area contributed by atoms with Gasteiger partial charge in [-0.15, -0.1) is 0 Å². The van der Waals surface area contributed by atoms with Crippen molar-refractivity contribution in [2.24, 2.45) is 0 Å². The summed E-state index contributed by atoms with van der Waals surface area (Å²) in [7, 11) is 0. The summed E-state index contributed by atoms with van der Waals surface area (Å²) in [6.45, 7) is 1.87. The predicted octanol–water partition coefficient (Wildman–Crippen LogP) is 4.02.